The molecule has 0 unspecified atom stereocenters. The second-order valence-electron chi connectivity index (χ2n) is 8.99. The molecule has 5 rings (SSSR count). The predicted octanol–water partition coefficient (Wildman–Crippen LogP) is 5.02. The van der Waals surface area contributed by atoms with Crippen LogP contribution in [0.15, 0.2) is 78.5 Å². The van der Waals surface area contributed by atoms with E-state index in [2.05, 4.69) is 5.32 Å². The summed E-state index contributed by atoms with van der Waals surface area (Å²) in [6, 6.07) is 20.4. The van der Waals surface area contributed by atoms with Gasteiger partial charge in [-0.05, 0) is 60.4 Å². The third kappa shape index (κ3) is 4.73. The van der Waals surface area contributed by atoms with E-state index in [-0.39, 0.29) is 18.1 Å². The standard InChI is InChI=1S/C29H25FN4O3/c1-18-7-3-5-9-21(18)15-24-23(27(35)34(32-24)26-10-6-4-8-19(26)2)16-25-28(36)33(29(37)31-25)17-20-11-13-22(30)14-12-20/h3-14,16,35H,15,17H2,1-2H3,(H,31,37)/b25-16-. The Bertz CT molecular complexity index is 1540. The number of aromatic nitrogens is 2. The molecule has 1 saturated heterocycles. The summed E-state index contributed by atoms with van der Waals surface area (Å²) in [6.07, 6.45) is 1.88. The van der Waals surface area contributed by atoms with Crippen molar-refractivity contribution in [3.05, 3.63) is 118 Å². The van der Waals surface area contributed by atoms with Gasteiger partial charge in [0.15, 0.2) is 0 Å². The molecular weight excluding hydrogens is 471 g/mol. The molecule has 2 heterocycles. The summed E-state index contributed by atoms with van der Waals surface area (Å²) < 4.78 is 14.7. The molecule has 4 aromatic rings. The van der Waals surface area contributed by atoms with Crippen molar-refractivity contribution in [3.8, 4) is 11.6 Å². The molecule has 3 aromatic carbocycles. The van der Waals surface area contributed by atoms with E-state index in [9.17, 15) is 19.1 Å². The molecule has 0 aliphatic carbocycles. The van der Waals surface area contributed by atoms with Gasteiger partial charge in [-0.25, -0.2) is 13.9 Å². The summed E-state index contributed by atoms with van der Waals surface area (Å²) in [5, 5.41) is 18.6. The molecule has 1 aliphatic rings. The van der Waals surface area contributed by atoms with E-state index in [0.29, 0.717) is 28.9 Å². The van der Waals surface area contributed by atoms with E-state index in [1.807, 2.05) is 62.4 Å². The minimum absolute atomic E-state index is 0.00713. The number of para-hydroxylation sites is 1. The normalized spacial score (nSPS) is 14.5. The first-order valence-corrected chi connectivity index (χ1v) is 11.8. The topological polar surface area (TPSA) is 87.5 Å². The maximum atomic E-state index is 13.3. The highest BCUT2D eigenvalue weighted by Gasteiger charge is 2.34. The number of rotatable bonds is 6. The molecule has 1 aliphatic heterocycles. The van der Waals surface area contributed by atoms with Crippen LogP contribution in [0.3, 0.4) is 0 Å². The number of imide groups is 1. The molecule has 7 nitrogen and oxygen atoms in total. The Morgan fingerprint density at radius 2 is 1.62 bits per heavy atom. The fourth-order valence-corrected chi connectivity index (χ4v) is 4.33. The molecule has 0 bridgehead atoms. The fraction of sp³-hybridized carbons (Fsp3) is 0.138. The molecule has 0 radical (unpaired) electrons. The summed E-state index contributed by atoms with van der Waals surface area (Å²) in [6.45, 7) is 3.91. The average molecular weight is 497 g/mol. The van der Waals surface area contributed by atoms with Gasteiger partial charge in [0.25, 0.3) is 5.91 Å². The highest BCUT2D eigenvalue weighted by atomic mass is 19.1. The molecule has 8 heteroatoms. The first-order chi connectivity index (χ1) is 17.8. The van der Waals surface area contributed by atoms with Gasteiger partial charge in [0.05, 0.1) is 23.5 Å². The molecule has 0 spiro atoms. The van der Waals surface area contributed by atoms with Crippen LogP contribution in [0.4, 0.5) is 9.18 Å². The minimum Gasteiger partial charge on any atom is -0.493 e. The Kier molecular flexibility index (Phi) is 6.31. The van der Waals surface area contributed by atoms with Crippen LogP contribution in [0.1, 0.15) is 33.5 Å². The van der Waals surface area contributed by atoms with Gasteiger partial charge in [0.2, 0.25) is 5.88 Å². The maximum Gasteiger partial charge on any atom is 0.329 e. The van der Waals surface area contributed by atoms with E-state index in [1.54, 1.807) is 0 Å². The molecule has 3 amide bonds. The molecule has 2 N–H and O–H groups in total. The number of carbonyl (C=O) groups excluding carboxylic acids is 2. The number of benzene rings is 3. The number of urea groups is 1. The Hall–Kier alpha value is -4.72. The van der Waals surface area contributed by atoms with Gasteiger partial charge in [0, 0.05) is 6.42 Å². The van der Waals surface area contributed by atoms with Gasteiger partial charge < -0.3 is 10.4 Å². The smallest absolute Gasteiger partial charge is 0.329 e. The number of aromatic hydroxyl groups is 1. The molecule has 1 fully saturated rings. The van der Waals surface area contributed by atoms with Crippen LogP contribution in [-0.2, 0) is 17.8 Å². The third-order valence-electron chi connectivity index (χ3n) is 6.44. The summed E-state index contributed by atoms with van der Waals surface area (Å²) in [5.41, 5.74) is 5.26. The zero-order valence-corrected chi connectivity index (χ0v) is 20.4. The summed E-state index contributed by atoms with van der Waals surface area (Å²) in [4.78, 5) is 26.8. The predicted molar refractivity (Wildman–Crippen MR) is 137 cm³/mol. The van der Waals surface area contributed by atoms with Crippen LogP contribution in [-0.4, -0.2) is 31.7 Å². The number of nitrogens with one attached hydrogen (secondary N) is 1. The Labute approximate surface area is 213 Å². The lowest BCUT2D eigenvalue weighted by Crippen LogP contribution is -2.30. The van der Waals surface area contributed by atoms with Crippen LogP contribution in [0, 0.1) is 19.7 Å². The van der Waals surface area contributed by atoms with Crippen molar-refractivity contribution >= 4 is 18.0 Å². The van der Waals surface area contributed by atoms with E-state index >= 15 is 0 Å². The number of carbonyl (C=O) groups is 2. The zero-order chi connectivity index (χ0) is 26.1. The first kappa shape index (κ1) is 24.0. The zero-order valence-electron chi connectivity index (χ0n) is 20.4. The number of hydrogen-bond donors (Lipinski definition) is 2. The van der Waals surface area contributed by atoms with Crippen molar-refractivity contribution in [1.82, 2.24) is 20.0 Å². The monoisotopic (exact) mass is 496 g/mol. The van der Waals surface area contributed by atoms with Gasteiger partial charge in [0.1, 0.15) is 11.5 Å². The summed E-state index contributed by atoms with van der Waals surface area (Å²) in [5.74, 6) is -1.08. The van der Waals surface area contributed by atoms with Crippen molar-refractivity contribution < 1.29 is 19.1 Å². The van der Waals surface area contributed by atoms with Crippen LogP contribution < -0.4 is 5.32 Å². The Balaban J connectivity index is 1.54. The molecule has 0 atom stereocenters. The van der Waals surface area contributed by atoms with Crippen molar-refractivity contribution in [2.75, 3.05) is 0 Å². The lowest BCUT2D eigenvalue weighted by molar-refractivity contribution is -0.123. The van der Waals surface area contributed by atoms with Crippen LogP contribution in [0.25, 0.3) is 11.8 Å². The number of nitrogens with zero attached hydrogens (tertiary/aromatic N) is 3. The van der Waals surface area contributed by atoms with Crippen molar-refractivity contribution in [1.29, 1.82) is 0 Å². The van der Waals surface area contributed by atoms with Gasteiger partial charge in [-0.2, -0.15) is 5.10 Å². The largest absolute Gasteiger partial charge is 0.493 e. The maximum absolute atomic E-state index is 13.3. The number of halogens is 1. The van der Waals surface area contributed by atoms with E-state index < -0.39 is 17.8 Å². The summed E-state index contributed by atoms with van der Waals surface area (Å²) >= 11 is 0. The van der Waals surface area contributed by atoms with Crippen molar-refractivity contribution in [2.24, 2.45) is 0 Å². The van der Waals surface area contributed by atoms with E-state index in [1.165, 1.54) is 35.0 Å². The minimum atomic E-state index is -0.591. The third-order valence-corrected chi connectivity index (χ3v) is 6.44. The molecule has 1 aromatic heterocycles. The number of hydrogen-bond acceptors (Lipinski definition) is 4. The Morgan fingerprint density at radius 1 is 0.946 bits per heavy atom. The first-order valence-electron chi connectivity index (χ1n) is 11.8. The van der Waals surface area contributed by atoms with Crippen LogP contribution in [0.5, 0.6) is 5.88 Å². The van der Waals surface area contributed by atoms with Gasteiger partial charge in [-0.15, -0.1) is 0 Å². The quantitative estimate of drug-likeness (QED) is 0.290. The Morgan fingerprint density at radius 3 is 2.32 bits per heavy atom. The second-order valence-corrected chi connectivity index (χ2v) is 8.99. The van der Waals surface area contributed by atoms with Crippen molar-refractivity contribution in [3.63, 3.8) is 0 Å². The number of amides is 3. The summed E-state index contributed by atoms with van der Waals surface area (Å²) in [7, 11) is 0. The van der Waals surface area contributed by atoms with Crippen LogP contribution >= 0.6 is 0 Å². The molecule has 37 heavy (non-hydrogen) atoms. The van der Waals surface area contributed by atoms with Gasteiger partial charge in [-0.3, -0.25) is 9.69 Å². The fourth-order valence-electron chi connectivity index (χ4n) is 4.33. The molecular formula is C29H25FN4O3. The SMILES string of the molecule is Cc1ccccc1Cc1nn(-c2ccccc2C)c(O)c1/C=C1\NC(=O)N(Cc2ccc(F)cc2)C1=O. The highest BCUT2D eigenvalue weighted by molar-refractivity contribution is 6.14. The average Bonchev–Trinajstić information content (AvgIpc) is 3.32. The van der Waals surface area contributed by atoms with Gasteiger partial charge >= 0.3 is 6.03 Å². The molecule has 186 valence electrons. The lowest BCUT2D eigenvalue weighted by Gasteiger charge is -2.11. The van der Waals surface area contributed by atoms with E-state index in [4.69, 9.17) is 5.10 Å². The second kappa shape index (κ2) is 9.73. The molecule has 0 saturated carbocycles. The van der Waals surface area contributed by atoms with E-state index in [0.717, 1.165) is 21.6 Å². The van der Waals surface area contributed by atoms with Crippen LogP contribution in [0.2, 0.25) is 0 Å². The highest BCUT2D eigenvalue weighted by Crippen LogP contribution is 2.31. The lowest BCUT2D eigenvalue weighted by atomic mass is 10.0. The number of aryl methyl sites for hydroxylation is 2. The van der Waals surface area contributed by atoms with Crippen molar-refractivity contribution in [2.45, 2.75) is 26.8 Å². The van der Waals surface area contributed by atoms with Gasteiger partial charge in [-0.1, -0.05) is 54.6 Å².